The second-order valence-corrected chi connectivity index (χ2v) is 8.83. The fourth-order valence-corrected chi connectivity index (χ4v) is 3.79. The molecule has 1 rings (SSSR count). The van der Waals surface area contributed by atoms with Gasteiger partial charge in [0, 0.05) is 24.6 Å². The number of rotatable bonds is 19. The normalized spacial score (nSPS) is 10.7. The zero-order valence-corrected chi connectivity index (χ0v) is 20.6. The lowest BCUT2D eigenvalue weighted by Gasteiger charge is -2.10. The van der Waals surface area contributed by atoms with Gasteiger partial charge in [-0.3, -0.25) is 19.7 Å². The Morgan fingerprint density at radius 3 is 1.67 bits per heavy atom. The Hall–Kier alpha value is -2.44. The van der Waals surface area contributed by atoms with Crippen LogP contribution in [-0.2, 0) is 9.59 Å². The minimum absolute atomic E-state index is 0.113. The Morgan fingerprint density at radius 2 is 1.18 bits per heavy atom. The third kappa shape index (κ3) is 13.6. The molecule has 0 aliphatic rings. The van der Waals surface area contributed by atoms with Gasteiger partial charge in [-0.1, -0.05) is 90.9 Å². The molecule has 0 atom stereocenters. The first kappa shape index (κ1) is 28.6. The number of nitro groups is 1. The summed E-state index contributed by atoms with van der Waals surface area (Å²) in [7, 11) is 0. The summed E-state index contributed by atoms with van der Waals surface area (Å²) in [4.78, 5) is 35.4. The topological polar surface area (TPSA) is 101 Å². The van der Waals surface area contributed by atoms with Gasteiger partial charge in [0.1, 0.15) is 5.69 Å². The van der Waals surface area contributed by atoms with E-state index in [2.05, 4.69) is 24.5 Å². The molecule has 2 amide bonds. The number of anilines is 2. The van der Waals surface area contributed by atoms with Crippen LogP contribution in [-0.4, -0.2) is 16.7 Å². The molecule has 2 N–H and O–H groups in total. The molecule has 0 bridgehead atoms. The molecule has 0 spiro atoms. The van der Waals surface area contributed by atoms with Gasteiger partial charge in [-0.25, -0.2) is 0 Å². The fraction of sp³-hybridized carbons (Fsp3) is 0.692. The Kier molecular flexibility index (Phi) is 15.6. The van der Waals surface area contributed by atoms with E-state index in [4.69, 9.17) is 0 Å². The van der Waals surface area contributed by atoms with Crippen LogP contribution in [0.3, 0.4) is 0 Å². The minimum Gasteiger partial charge on any atom is -0.326 e. The highest BCUT2D eigenvalue weighted by Gasteiger charge is 2.17. The Morgan fingerprint density at radius 1 is 0.727 bits per heavy atom. The van der Waals surface area contributed by atoms with Crippen LogP contribution in [0.4, 0.5) is 17.1 Å². The molecule has 0 aromatic heterocycles. The van der Waals surface area contributed by atoms with Gasteiger partial charge in [0.2, 0.25) is 11.8 Å². The van der Waals surface area contributed by atoms with Crippen LogP contribution in [0.5, 0.6) is 0 Å². The second-order valence-electron chi connectivity index (χ2n) is 8.83. The van der Waals surface area contributed by atoms with Crippen LogP contribution < -0.4 is 10.6 Å². The number of nitrogens with one attached hydrogen (secondary N) is 2. The van der Waals surface area contributed by atoms with E-state index in [1.54, 1.807) is 0 Å². The fourth-order valence-electron chi connectivity index (χ4n) is 3.79. The van der Waals surface area contributed by atoms with E-state index in [0.29, 0.717) is 18.5 Å². The maximum absolute atomic E-state index is 12.3. The Bertz CT molecular complexity index is 721. The number of amides is 2. The monoisotopic (exact) mass is 461 g/mol. The first-order valence-corrected chi connectivity index (χ1v) is 12.9. The van der Waals surface area contributed by atoms with Gasteiger partial charge < -0.3 is 10.6 Å². The van der Waals surface area contributed by atoms with Crippen molar-refractivity contribution in [3.8, 4) is 0 Å². The summed E-state index contributed by atoms with van der Waals surface area (Å²) in [5, 5.41) is 16.8. The molecule has 33 heavy (non-hydrogen) atoms. The number of carbonyl (C=O) groups is 2. The van der Waals surface area contributed by atoms with Crippen LogP contribution in [0.1, 0.15) is 117 Å². The van der Waals surface area contributed by atoms with Crippen molar-refractivity contribution in [3.05, 3.63) is 28.3 Å². The van der Waals surface area contributed by atoms with Gasteiger partial charge in [0.15, 0.2) is 0 Å². The summed E-state index contributed by atoms with van der Waals surface area (Å²) in [6.45, 7) is 4.37. The van der Waals surface area contributed by atoms with E-state index in [1.165, 1.54) is 69.6 Å². The van der Waals surface area contributed by atoms with Crippen molar-refractivity contribution in [2.24, 2.45) is 0 Å². The van der Waals surface area contributed by atoms with Crippen molar-refractivity contribution in [1.82, 2.24) is 0 Å². The summed E-state index contributed by atoms with van der Waals surface area (Å²) in [6, 6.07) is 4.31. The standard InChI is InChI=1S/C26H43N3O4/c1-3-5-7-9-11-13-15-17-25(30)27-22-19-20-24(29(32)33)23(21-22)28-26(31)18-16-14-12-10-8-6-4-2/h19-21H,3-18H2,1-2H3,(H,27,30)(H,28,31). The van der Waals surface area contributed by atoms with Crippen molar-refractivity contribution < 1.29 is 14.5 Å². The largest absolute Gasteiger partial charge is 0.326 e. The molecular formula is C26H43N3O4. The number of carbonyl (C=O) groups excluding carboxylic acids is 2. The average Bonchev–Trinajstić information content (AvgIpc) is 2.78. The second kappa shape index (κ2) is 18.0. The average molecular weight is 462 g/mol. The summed E-state index contributed by atoms with van der Waals surface area (Å²) in [6.07, 6.45) is 16.4. The molecule has 1 aromatic carbocycles. The van der Waals surface area contributed by atoms with E-state index in [0.717, 1.165) is 38.5 Å². The van der Waals surface area contributed by atoms with Crippen LogP contribution >= 0.6 is 0 Å². The van der Waals surface area contributed by atoms with Gasteiger partial charge in [0.05, 0.1) is 4.92 Å². The van der Waals surface area contributed by atoms with Crippen LogP contribution in [0, 0.1) is 10.1 Å². The summed E-state index contributed by atoms with van der Waals surface area (Å²) < 4.78 is 0. The molecule has 0 saturated heterocycles. The number of nitrogens with zero attached hydrogens (tertiary/aromatic N) is 1. The van der Waals surface area contributed by atoms with Gasteiger partial charge >= 0.3 is 0 Å². The molecule has 0 heterocycles. The van der Waals surface area contributed by atoms with Crippen LogP contribution in [0.2, 0.25) is 0 Å². The van der Waals surface area contributed by atoms with Crippen molar-refractivity contribution in [1.29, 1.82) is 0 Å². The number of hydrogen-bond acceptors (Lipinski definition) is 4. The maximum atomic E-state index is 12.3. The first-order chi connectivity index (χ1) is 16.0. The molecule has 186 valence electrons. The number of nitro benzene ring substituents is 1. The van der Waals surface area contributed by atoms with E-state index in [1.807, 2.05) is 0 Å². The lowest BCUT2D eigenvalue weighted by atomic mass is 10.1. The SMILES string of the molecule is CCCCCCCCCC(=O)Nc1ccc([N+](=O)[O-])c(NC(=O)CCCCCCCCC)c1. The highest BCUT2D eigenvalue weighted by molar-refractivity contribution is 5.96. The predicted molar refractivity (Wildman–Crippen MR) is 136 cm³/mol. The summed E-state index contributed by atoms with van der Waals surface area (Å²) >= 11 is 0. The Balaban J connectivity index is 2.47. The Labute approximate surface area is 199 Å². The molecule has 0 unspecified atom stereocenters. The highest BCUT2D eigenvalue weighted by atomic mass is 16.6. The molecule has 7 nitrogen and oxygen atoms in total. The zero-order chi connectivity index (χ0) is 24.3. The van der Waals surface area contributed by atoms with Crippen molar-refractivity contribution in [2.75, 3.05) is 10.6 Å². The third-order valence-electron chi connectivity index (χ3n) is 5.77. The van der Waals surface area contributed by atoms with Gasteiger partial charge in [0.25, 0.3) is 5.69 Å². The van der Waals surface area contributed by atoms with Crippen molar-refractivity contribution in [2.45, 2.75) is 117 Å². The number of benzene rings is 1. The third-order valence-corrected chi connectivity index (χ3v) is 5.77. The van der Waals surface area contributed by atoms with Crippen LogP contribution in [0.15, 0.2) is 18.2 Å². The van der Waals surface area contributed by atoms with Crippen molar-refractivity contribution in [3.63, 3.8) is 0 Å². The van der Waals surface area contributed by atoms with E-state index in [9.17, 15) is 19.7 Å². The van der Waals surface area contributed by atoms with Crippen molar-refractivity contribution >= 4 is 28.9 Å². The lowest BCUT2D eigenvalue weighted by molar-refractivity contribution is -0.383. The van der Waals surface area contributed by atoms with Crippen LogP contribution in [0.25, 0.3) is 0 Å². The van der Waals surface area contributed by atoms with E-state index >= 15 is 0 Å². The molecule has 7 heteroatoms. The number of unbranched alkanes of at least 4 members (excludes halogenated alkanes) is 12. The van der Waals surface area contributed by atoms with E-state index < -0.39 is 4.92 Å². The molecule has 1 aromatic rings. The molecule has 0 radical (unpaired) electrons. The maximum Gasteiger partial charge on any atom is 0.292 e. The molecule has 0 aliphatic carbocycles. The molecule has 0 saturated carbocycles. The highest BCUT2D eigenvalue weighted by Crippen LogP contribution is 2.28. The smallest absolute Gasteiger partial charge is 0.292 e. The molecular weight excluding hydrogens is 418 g/mol. The molecule has 0 fully saturated rings. The zero-order valence-electron chi connectivity index (χ0n) is 20.6. The first-order valence-electron chi connectivity index (χ1n) is 12.9. The minimum atomic E-state index is -0.520. The number of hydrogen-bond donors (Lipinski definition) is 2. The predicted octanol–water partition coefficient (Wildman–Crippen LogP) is 7.75. The lowest BCUT2D eigenvalue weighted by Crippen LogP contribution is -2.14. The van der Waals surface area contributed by atoms with Gasteiger partial charge in [-0.2, -0.15) is 0 Å². The van der Waals surface area contributed by atoms with Gasteiger partial charge in [-0.15, -0.1) is 0 Å². The quantitative estimate of drug-likeness (QED) is 0.125. The summed E-state index contributed by atoms with van der Waals surface area (Å²) in [5.41, 5.74) is 0.412. The molecule has 0 aliphatic heterocycles. The van der Waals surface area contributed by atoms with Gasteiger partial charge in [-0.05, 0) is 25.0 Å². The summed E-state index contributed by atoms with van der Waals surface area (Å²) in [5.74, 6) is -0.351. The van der Waals surface area contributed by atoms with E-state index in [-0.39, 0.29) is 23.2 Å².